The van der Waals surface area contributed by atoms with Crippen molar-refractivity contribution in [3.63, 3.8) is 0 Å². The zero-order valence-corrected chi connectivity index (χ0v) is 31.4. The van der Waals surface area contributed by atoms with Crippen LogP contribution in [0, 0.1) is 0 Å². The van der Waals surface area contributed by atoms with Gasteiger partial charge in [-0.1, -0.05) is 176 Å². The third-order valence-electron chi connectivity index (χ3n) is 11.8. The van der Waals surface area contributed by atoms with Crippen LogP contribution in [-0.2, 0) is 5.41 Å². The van der Waals surface area contributed by atoms with Gasteiger partial charge in [-0.2, -0.15) is 0 Å². The van der Waals surface area contributed by atoms with Crippen LogP contribution >= 0.6 is 0 Å². The molecule has 1 unspecified atom stereocenters. The van der Waals surface area contributed by atoms with E-state index in [1.54, 1.807) is 0 Å². The monoisotopic (exact) mass is 728 g/mol. The van der Waals surface area contributed by atoms with Crippen molar-refractivity contribution in [2.24, 2.45) is 0 Å². The summed E-state index contributed by atoms with van der Waals surface area (Å²) >= 11 is 0. The highest BCUT2D eigenvalue weighted by Gasteiger charge is 2.40. The van der Waals surface area contributed by atoms with Crippen LogP contribution in [0.4, 0.5) is 0 Å². The van der Waals surface area contributed by atoms with Crippen molar-refractivity contribution in [3.05, 3.63) is 217 Å². The fourth-order valence-electron chi connectivity index (χ4n) is 8.88. The molecule has 1 aliphatic rings. The van der Waals surface area contributed by atoms with Gasteiger partial charge in [-0.05, 0) is 81.3 Å². The lowest BCUT2D eigenvalue weighted by molar-refractivity contribution is 0.669. The number of aromatic nitrogens is 2. The zero-order valence-electron chi connectivity index (χ0n) is 31.4. The van der Waals surface area contributed by atoms with Gasteiger partial charge in [-0.25, -0.2) is 9.97 Å². The quantitative estimate of drug-likeness (QED) is 0.171. The minimum absolute atomic E-state index is 0.295. The van der Waals surface area contributed by atoms with E-state index in [2.05, 4.69) is 171 Å². The van der Waals surface area contributed by atoms with Gasteiger partial charge >= 0.3 is 0 Å². The van der Waals surface area contributed by atoms with Gasteiger partial charge in [0, 0.05) is 32.9 Å². The smallest absolute Gasteiger partial charge is 0.160 e. The molecule has 0 saturated heterocycles. The fraction of sp³-hybridized carbons (Fsp3) is 0.0370. The second kappa shape index (κ2) is 13.1. The van der Waals surface area contributed by atoms with Crippen molar-refractivity contribution in [1.82, 2.24) is 9.97 Å². The van der Waals surface area contributed by atoms with E-state index >= 15 is 0 Å². The molecule has 1 aliphatic carbocycles. The molecule has 0 bridgehead atoms. The highest BCUT2D eigenvalue weighted by molar-refractivity contribution is 6.12. The Labute approximate surface area is 331 Å². The molecule has 0 saturated carbocycles. The fourth-order valence-corrected chi connectivity index (χ4v) is 8.88. The summed E-state index contributed by atoms with van der Waals surface area (Å²) in [6.45, 7) is 2.36. The van der Waals surface area contributed by atoms with Crippen molar-refractivity contribution >= 4 is 21.9 Å². The molecule has 0 N–H and O–H groups in total. The lowest BCUT2D eigenvalue weighted by Gasteiger charge is -2.28. The van der Waals surface area contributed by atoms with Crippen molar-refractivity contribution in [1.29, 1.82) is 0 Å². The largest absolute Gasteiger partial charge is 0.456 e. The summed E-state index contributed by atoms with van der Waals surface area (Å²) in [6, 6.07) is 71.0. The maximum atomic E-state index is 6.17. The first-order valence-corrected chi connectivity index (χ1v) is 19.5. The summed E-state index contributed by atoms with van der Waals surface area (Å²) in [5.74, 6) is 0.706. The summed E-state index contributed by atoms with van der Waals surface area (Å²) in [4.78, 5) is 10.4. The van der Waals surface area contributed by atoms with E-state index in [1.807, 2.05) is 36.4 Å². The Morgan fingerprint density at radius 1 is 0.386 bits per heavy atom. The molecule has 8 aromatic carbocycles. The summed E-state index contributed by atoms with van der Waals surface area (Å²) < 4.78 is 6.17. The molecular weight excluding hydrogens is 693 g/mol. The molecule has 11 rings (SSSR count). The Kier molecular flexibility index (Phi) is 7.61. The van der Waals surface area contributed by atoms with Crippen LogP contribution in [0.3, 0.4) is 0 Å². The minimum Gasteiger partial charge on any atom is -0.456 e. The lowest BCUT2D eigenvalue weighted by atomic mass is 9.74. The molecule has 0 fully saturated rings. The van der Waals surface area contributed by atoms with E-state index < -0.39 is 0 Å². The topological polar surface area (TPSA) is 38.9 Å². The van der Waals surface area contributed by atoms with Crippen molar-refractivity contribution in [3.8, 4) is 67.3 Å². The number of rotatable bonds is 6. The summed E-state index contributed by atoms with van der Waals surface area (Å²) in [6.07, 6.45) is 0. The Bertz CT molecular complexity index is 3110. The molecule has 3 nitrogen and oxygen atoms in total. The molecule has 2 aromatic heterocycles. The maximum absolute atomic E-state index is 6.17. The van der Waals surface area contributed by atoms with Crippen LogP contribution in [-0.4, -0.2) is 9.97 Å². The first kappa shape index (κ1) is 33.0. The molecule has 0 aliphatic heterocycles. The van der Waals surface area contributed by atoms with Crippen LogP contribution in [0.25, 0.3) is 89.2 Å². The summed E-state index contributed by atoms with van der Waals surface area (Å²) in [7, 11) is 0. The molecule has 0 amide bonds. The van der Waals surface area contributed by atoms with Crippen LogP contribution in [0.15, 0.2) is 205 Å². The lowest BCUT2D eigenvalue weighted by Crippen LogP contribution is -2.22. The number of hydrogen-bond donors (Lipinski definition) is 0. The molecule has 57 heavy (non-hydrogen) atoms. The Morgan fingerprint density at radius 3 is 1.72 bits per heavy atom. The van der Waals surface area contributed by atoms with E-state index in [9.17, 15) is 0 Å². The van der Waals surface area contributed by atoms with E-state index in [-0.39, 0.29) is 5.41 Å². The Hall–Kier alpha value is -7.36. The van der Waals surface area contributed by atoms with E-state index in [4.69, 9.17) is 14.4 Å². The van der Waals surface area contributed by atoms with Gasteiger partial charge in [-0.15, -0.1) is 0 Å². The van der Waals surface area contributed by atoms with Crippen LogP contribution in [0.5, 0.6) is 0 Å². The first-order valence-electron chi connectivity index (χ1n) is 19.5. The highest BCUT2D eigenvalue weighted by Crippen LogP contribution is 2.53. The molecule has 2 heterocycles. The second-order valence-electron chi connectivity index (χ2n) is 15.1. The van der Waals surface area contributed by atoms with Crippen molar-refractivity contribution in [2.45, 2.75) is 12.3 Å². The Balaban J connectivity index is 0.966. The SMILES string of the molecule is CC1(c2ccccc2)c2ccccc2-c2ccc(-c3cc(-c4ccc(-c5ccc(-c6cccc7oc8ccccc8c67)cc5)cc4)nc(-c4ccccc4)n3)cc21. The number of benzene rings is 8. The molecule has 0 radical (unpaired) electrons. The summed E-state index contributed by atoms with van der Waals surface area (Å²) in [5, 5.41) is 2.29. The van der Waals surface area contributed by atoms with Crippen molar-refractivity contribution < 1.29 is 4.42 Å². The number of nitrogens with zero attached hydrogens (tertiary/aromatic N) is 2. The molecule has 3 heteroatoms. The van der Waals surface area contributed by atoms with Gasteiger partial charge in [0.2, 0.25) is 0 Å². The normalized spacial score (nSPS) is 14.5. The average molecular weight is 729 g/mol. The first-order chi connectivity index (χ1) is 28.1. The van der Waals surface area contributed by atoms with Crippen LogP contribution in [0.2, 0.25) is 0 Å². The van der Waals surface area contributed by atoms with E-state index in [0.717, 1.165) is 66.7 Å². The second-order valence-corrected chi connectivity index (χ2v) is 15.1. The van der Waals surface area contributed by atoms with Gasteiger partial charge in [0.15, 0.2) is 5.82 Å². The number of hydrogen-bond acceptors (Lipinski definition) is 3. The number of furan rings is 1. The predicted octanol–water partition coefficient (Wildman–Crippen LogP) is 14.0. The van der Waals surface area contributed by atoms with Gasteiger partial charge < -0.3 is 4.42 Å². The van der Waals surface area contributed by atoms with Gasteiger partial charge in [-0.3, -0.25) is 0 Å². The van der Waals surface area contributed by atoms with Crippen LogP contribution < -0.4 is 0 Å². The third kappa shape index (κ3) is 5.43. The molecule has 0 spiro atoms. The molecule has 268 valence electrons. The average Bonchev–Trinajstić information content (AvgIpc) is 3.80. The minimum atomic E-state index is -0.295. The highest BCUT2D eigenvalue weighted by atomic mass is 16.3. The predicted molar refractivity (Wildman–Crippen MR) is 234 cm³/mol. The molecular formula is C54H36N2O. The number of para-hydroxylation sites is 1. The van der Waals surface area contributed by atoms with Crippen molar-refractivity contribution in [2.75, 3.05) is 0 Å². The van der Waals surface area contributed by atoms with E-state index in [0.29, 0.717) is 5.82 Å². The van der Waals surface area contributed by atoms with Crippen LogP contribution in [0.1, 0.15) is 23.6 Å². The Morgan fingerprint density at radius 2 is 0.947 bits per heavy atom. The van der Waals surface area contributed by atoms with Gasteiger partial charge in [0.1, 0.15) is 11.2 Å². The molecule has 1 atom stereocenters. The zero-order chi connectivity index (χ0) is 37.9. The maximum Gasteiger partial charge on any atom is 0.160 e. The standard InChI is InChI=1S/C54H36N2O/c1-54(41-15-6-3-7-16-41)46-20-10-8-17-43(46)44-32-31-40(33-47(44)54)49-34-48(55-53(56-49)39-13-4-2-5-14-39)38-29-25-36(26-30-38)35-23-27-37(28-24-35)42-19-12-22-51-52(42)45-18-9-11-21-50(45)57-51/h2-34H,1H3. The van der Waals surface area contributed by atoms with E-state index in [1.165, 1.54) is 33.4 Å². The number of fused-ring (bicyclic) bond motifs is 6. The molecule has 10 aromatic rings. The van der Waals surface area contributed by atoms with Gasteiger partial charge in [0.25, 0.3) is 0 Å². The summed E-state index contributed by atoms with van der Waals surface area (Å²) in [5.41, 5.74) is 17.5. The third-order valence-corrected chi connectivity index (χ3v) is 11.8. The van der Waals surface area contributed by atoms with Gasteiger partial charge in [0.05, 0.1) is 11.4 Å².